The quantitative estimate of drug-likeness (QED) is 0.842. The van der Waals surface area contributed by atoms with Crippen LogP contribution in [-0.2, 0) is 6.54 Å². The molecule has 94 valence electrons. The van der Waals surface area contributed by atoms with E-state index in [0.29, 0.717) is 12.6 Å². The van der Waals surface area contributed by atoms with Crippen molar-refractivity contribution in [1.29, 1.82) is 0 Å². The van der Waals surface area contributed by atoms with Crippen LogP contribution in [-0.4, -0.2) is 16.5 Å². The van der Waals surface area contributed by atoms with Crippen molar-refractivity contribution in [1.82, 2.24) is 9.88 Å². The van der Waals surface area contributed by atoms with Crippen LogP contribution in [0.5, 0.6) is 0 Å². The van der Waals surface area contributed by atoms with Gasteiger partial charge in [-0.3, -0.25) is 4.79 Å². The molecule has 1 aliphatic carbocycles. The molecule has 0 atom stereocenters. The van der Waals surface area contributed by atoms with Crippen LogP contribution in [0, 0.1) is 6.92 Å². The van der Waals surface area contributed by atoms with Crippen molar-refractivity contribution in [2.24, 2.45) is 0 Å². The molecule has 2 heterocycles. The van der Waals surface area contributed by atoms with Crippen LogP contribution in [0.2, 0.25) is 0 Å². The summed E-state index contributed by atoms with van der Waals surface area (Å²) >= 11 is 1.73. The zero-order valence-electron chi connectivity index (χ0n) is 10.4. The molecule has 0 bridgehead atoms. The highest BCUT2D eigenvalue weighted by molar-refractivity contribution is 7.19. The molecular weight excluding hydrogens is 244 g/mol. The number of nitrogens with zero attached hydrogens (tertiary/aromatic N) is 1. The summed E-state index contributed by atoms with van der Waals surface area (Å²) in [4.78, 5) is 13.5. The first-order valence-electron chi connectivity index (χ1n) is 6.20. The van der Waals surface area contributed by atoms with E-state index in [-0.39, 0.29) is 5.91 Å². The summed E-state index contributed by atoms with van der Waals surface area (Å²) in [5.74, 6) is 0.0420. The summed E-state index contributed by atoms with van der Waals surface area (Å²) in [5.41, 5.74) is 1.89. The first-order chi connectivity index (χ1) is 8.69. The van der Waals surface area contributed by atoms with Gasteiger partial charge in [0.1, 0.15) is 5.69 Å². The first kappa shape index (κ1) is 11.5. The second-order valence-corrected chi connectivity index (χ2v) is 6.07. The molecule has 0 spiro atoms. The normalized spacial score (nSPS) is 14.9. The Bertz CT molecular complexity index is 619. The van der Waals surface area contributed by atoms with E-state index in [1.807, 2.05) is 16.7 Å². The van der Waals surface area contributed by atoms with Gasteiger partial charge in [-0.15, -0.1) is 17.9 Å². The molecule has 1 saturated carbocycles. The second kappa shape index (κ2) is 4.28. The van der Waals surface area contributed by atoms with Crippen LogP contribution in [0.3, 0.4) is 0 Å². The van der Waals surface area contributed by atoms with E-state index in [1.54, 1.807) is 11.3 Å². The third-order valence-electron chi connectivity index (χ3n) is 3.17. The predicted molar refractivity (Wildman–Crippen MR) is 75.2 cm³/mol. The highest BCUT2D eigenvalue weighted by atomic mass is 32.1. The summed E-state index contributed by atoms with van der Waals surface area (Å²) in [6.45, 7) is 6.54. The third-order valence-corrected chi connectivity index (χ3v) is 4.16. The van der Waals surface area contributed by atoms with Crippen LogP contribution >= 0.6 is 11.3 Å². The van der Waals surface area contributed by atoms with E-state index in [4.69, 9.17) is 0 Å². The Kier molecular flexibility index (Phi) is 2.74. The van der Waals surface area contributed by atoms with Crippen LogP contribution < -0.4 is 5.32 Å². The Balaban J connectivity index is 2.02. The number of thiophene rings is 1. The van der Waals surface area contributed by atoms with Crippen LogP contribution in [0.15, 0.2) is 24.8 Å². The van der Waals surface area contributed by atoms with E-state index in [9.17, 15) is 4.79 Å². The number of hydrogen-bond donors (Lipinski definition) is 1. The molecule has 3 nitrogen and oxygen atoms in total. The van der Waals surface area contributed by atoms with Crippen molar-refractivity contribution in [3.05, 3.63) is 35.4 Å². The number of rotatable bonds is 4. The van der Waals surface area contributed by atoms with E-state index in [2.05, 4.69) is 24.9 Å². The van der Waals surface area contributed by atoms with Crippen LogP contribution in [0.4, 0.5) is 0 Å². The molecule has 0 saturated heterocycles. The van der Waals surface area contributed by atoms with E-state index in [0.717, 1.165) is 24.1 Å². The number of hydrogen-bond acceptors (Lipinski definition) is 2. The molecule has 1 amide bonds. The van der Waals surface area contributed by atoms with Crippen molar-refractivity contribution >= 4 is 27.5 Å². The van der Waals surface area contributed by atoms with E-state index >= 15 is 0 Å². The lowest BCUT2D eigenvalue weighted by Crippen LogP contribution is -2.27. The number of fused-ring (bicyclic) bond motifs is 1. The molecular formula is C14H16N2OS. The number of carbonyl (C=O) groups excluding carboxylic acids is 1. The van der Waals surface area contributed by atoms with Gasteiger partial charge in [0.05, 0.1) is 10.2 Å². The van der Waals surface area contributed by atoms with E-state index in [1.165, 1.54) is 9.58 Å². The average molecular weight is 260 g/mol. The molecule has 0 radical (unpaired) electrons. The van der Waals surface area contributed by atoms with Gasteiger partial charge in [-0.1, -0.05) is 6.08 Å². The number of aromatic nitrogens is 1. The summed E-state index contributed by atoms with van der Waals surface area (Å²) < 4.78 is 3.22. The number of allylic oxidation sites excluding steroid dienone is 1. The fraction of sp³-hybridized carbons (Fsp3) is 0.357. The maximum atomic E-state index is 12.2. The molecule has 1 N–H and O–H groups in total. The minimum Gasteiger partial charge on any atom is -0.348 e. The molecule has 2 aromatic heterocycles. The molecule has 4 heteroatoms. The molecule has 0 aromatic carbocycles. The summed E-state index contributed by atoms with van der Waals surface area (Å²) in [6.07, 6.45) is 4.06. The fourth-order valence-electron chi connectivity index (χ4n) is 2.17. The zero-order valence-corrected chi connectivity index (χ0v) is 11.2. The SMILES string of the molecule is C=CCn1c(C(=O)NC2CC2)cc2sc(C)cc21. The van der Waals surface area contributed by atoms with Gasteiger partial charge in [0.2, 0.25) is 0 Å². The van der Waals surface area contributed by atoms with Crippen molar-refractivity contribution in [3.8, 4) is 0 Å². The van der Waals surface area contributed by atoms with Crippen molar-refractivity contribution in [3.63, 3.8) is 0 Å². The standard InChI is InChI=1S/C14H16N2OS/c1-3-6-16-11-7-9(2)18-13(11)8-12(16)14(17)15-10-4-5-10/h3,7-8,10H,1,4-6H2,2H3,(H,15,17). The number of amides is 1. The second-order valence-electron chi connectivity index (χ2n) is 4.78. The zero-order chi connectivity index (χ0) is 12.7. The topological polar surface area (TPSA) is 34.0 Å². The van der Waals surface area contributed by atoms with Gasteiger partial charge in [-0.25, -0.2) is 0 Å². The van der Waals surface area contributed by atoms with Gasteiger partial charge in [-0.05, 0) is 31.9 Å². The smallest absolute Gasteiger partial charge is 0.268 e. The lowest BCUT2D eigenvalue weighted by molar-refractivity contribution is 0.0943. The average Bonchev–Trinajstić information content (AvgIpc) is 2.97. The van der Waals surface area contributed by atoms with Gasteiger partial charge in [0.25, 0.3) is 5.91 Å². The predicted octanol–water partition coefficient (Wildman–Crippen LogP) is 3.09. The Labute approximate surface area is 110 Å². The molecule has 18 heavy (non-hydrogen) atoms. The molecule has 2 aromatic rings. The van der Waals surface area contributed by atoms with Crippen molar-refractivity contribution < 1.29 is 4.79 Å². The minimum atomic E-state index is 0.0420. The largest absolute Gasteiger partial charge is 0.348 e. The number of aryl methyl sites for hydroxylation is 1. The van der Waals surface area contributed by atoms with Gasteiger partial charge in [-0.2, -0.15) is 0 Å². The van der Waals surface area contributed by atoms with Crippen molar-refractivity contribution in [2.75, 3.05) is 0 Å². The fourth-order valence-corrected chi connectivity index (χ4v) is 3.13. The Morgan fingerprint density at radius 3 is 3.06 bits per heavy atom. The molecule has 3 rings (SSSR count). The minimum absolute atomic E-state index is 0.0420. The Morgan fingerprint density at radius 1 is 1.61 bits per heavy atom. The Hall–Kier alpha value is -1.55. The summed E-state index contributed by atoms with van der Waals surface area (Å²) in [5, 5.41) is 3.04. The lowest BCUT2D eigenvalue weighted by Gasteiger charge is -2.07. The van der Waals surface area contributed by atoms with Crippen LogP contribution in [0.1, 0.15) is 28.2 Å². The summed E-state index contributed by atoms with van der Waals surface area (Å²) in [6, 6.07) is 4.52. The maximum Gasteiger partial charge on any atom is 0.268 e. The van der Waals surface area contributed by atoms with Gasteiger partial charge < -0.3 is 9.88 Å². The summed E-state index contributed by atoms with van der Waals surface area (Å²) in [7, 11) is 0. The number of carbonyl (C=O) groups is 1. The highest BCUT2D eigenvalue weighted by Crippen LogP contribution is 2.29. The lowest BCUT2D eigenvalue weighted by atomic mass is 10.4. The van der Waals surface area contributed by atoms with Gasteiger partial charge in [0.15, 0.2) is 0 Å². The Morgan fingerprint density at radius 2 is 2.39 bits per heavy atom. The first-order valence-corrected chi connectivity index (χ1v) is 7.02. The third kappa shape index (κ3) is 1.97. The van der Waals surface area contributed by atoms with Crippen molar-refractivity contribution in [2.45, 2.75) is 32.4 Å². The van der Waals surface area contributed by atoms with E-state index < -0.39 is 0 Å². The molecule has 0 unspecified atom stereocenters. The maximum absolute atomic E-state index is 12.2. The molecule has 0 aliphatic heterocycles. The molecule has 1 aliphatic rings. The molecule has 1 fully saturated rings. The monoisotopic (exact) mass is 260 g/mol. The van der Waals surface area contributed by atoms with Gasteiger partial charge in [0, 0.05) is 17.5 Å². The number of nitrogens with one attached hydrogen (secondary N) is 1. The highest BCUT2D eigenvalue weighted by Gasteiger charge is 2.25. The van der Waals surface area contributed by atoms with Crippen LogP contribution in [0.25, 0.3) is 10.2 Å². The van der Waals surface area contributed by atoms with Gasteiger partial charge >= 0.3 is 0 Å².